The maximum Gasteiger partial charge on any atom is 0.416 e. The van der Waals surface area contributed by atoms with Crippen molar-refractivity contribution in [2.75, 3.05) is 5.32 Å². The average Bonchev–Trinajstić information content (AvgIpc) is 2.98. The molecule has 0 aliphatic heterocycles. The number of alkyl halides is 6. The van der Waals surface area contributed by atoms with Gasteiger partial charge in [-0.25, -0.2) is 4.79 Å². The summed E-state index contributed by atoms with van der Waals surface area (Å²) in [6.07, 6.45) is -7.22. The largest absolute Gasteiger partial charge is 0.416 e. The first-order valence-corrected chi connectivity index (χ1v) is 7.56. The number of halogens is 6. The maximum atomic E-state index is 12.7. The van der Waals surface area contributed by atoms with E-state index < -0.39 is 35.2 Å². The second kappa shape index (κ2) is 7.18. The van der Waals surface area contributed by atoms with Gasteiger partial charge in [0.25, 0.3) is 0 Å². The molecule has 2 amide bonds. The molecule has 2 rings (SSSR count). The Bertz CT molecular complexity index is 733. The average molecular weight is 380 g/mol. The van der Waals surface area contributed by atoms with Crippen LogP contribution in [-0.4, -0.2) is 6.03 Å². The Morgan fingerprint density at radius 2 is 1.60 bits per heavy atom. The second-order valence-electron chi connectivity index (χ2n) is 4.78. The van der Waals surface area contributed by atoms with Crippen molar-refractivity contribution in [2.45, 2.75) is 12.4 Å². The van der Waals surface area contributed by atoms with Gasteiger partial charge in [-0.15, -0.1) is 0 Å². The van der Waals surface area contributed by atoms with Crippen LogP contribution in [0.25, 0.3) is 6.08 Å². The zero-order chi connectivity index (χ0) is 18.7. The van der Waals surface area contributed by atoms with Crippen LogP contribution >= 0.6 is 11.3 Å². The fraction of sp³-hybridized carbons (Fsp3) is 0.133. The van der Waals surface area contributed by atoms with Crippen molar-refractivity contribution in [1.29, 1.82) is 0 Å². The summed E-state index contributed by atoms with van der Waals surface area (Å²) in [4.78, 5) is 11.6. The lowest BCUT2D eigenvalue weighted by molar-refractivity contribution is -0.143. The molecular formula is C15H10F6N2OS. The molecule has 0 atom stereocenters. The Hall–Kier alpha value is -2.49. The molecule has 0 spiro atoms. The van der Waals surface area contributed by atoms with Crippen molar-refractivity contribution >= 4 is 29.1 Å². The van der Waals surface area contributed by atoms with E-state index in [0.717, 1.165) is 5.56 Å². The predicted octanol–water partition coefficient (Wildman–Crippen LogP) is 5.58. The summed E-state index contributed by atoms with van der Waals surface area (Å²) in [7, 11) is 0. The minimum Gasteiger partial charge on any atom is -0.314 e. The monoisotopic (exact) mass is 380 g/mol. The number of nitrogens with one attached hydrogen (secondary N) is 2. The van der Waals surface area contributed by atoms with Crippen LogP contribution in [0.2, 0.25) is 0 Å². The predicted molar refractivity (Wildman–Crippen MR) is 82.0 cm³/mol. The number of carbonyl (C=O) groups is 1. The number of anilines is 1. The smallest absolute Gasteiger partial charge is 0.314 e. The molecule has 0 saturated heterocycles. The van der Waals surface area contributed by atoms with Gasteiger partial charge < -0.3 is 10.6 Å². The Balaban J connectivity index is 2.16. The first kappa shape index (κ1) is 18.8. The van der Waals surface area contributed by atoms with E-state index in [0.29, 0.717) is 12.1 Å². The molecule has 3 nitrogen and oxygen atoms in total. The molecule has 25 heavy (non-hydrogen) atoms. The van der Waals surface area contributed by atoms with E-state index in [-0.39, 0.29) is 6.07 Å². The van der Waals surface area contributed by atoms with Crippen LogP contribution in [0.1, 0.15) is 16.7 Å². The van der Waals surface area contributed by atoms with E-state index in [1.54, 1.807) is 16.8 Å². The highest BCUT2D eigenvalue weighted by atomic mass is 32.1. The summed E-state index contributed by atoms with van der Waals surface area (Å²) < 4.78 is 76.4. The van der Waals surface area contributed by atoms with Crippen LogP contribution in [0.4, 0.5) is 36.8 Å². The molecule has 0 aliphatic carbocycles. The maximum absolute atomic E-state index is 12.7. The van der Waals surface area contributed by atoms with Crippen LogP contribution in [0.5, 0.6) is 0 Å². The molecule has 2 aromatic rings. The summed E-state index contributed by atoms with van der Waals surface area (Å²) in [5, 5.41) is 7.71. The van der Waals surface area contributed by atoms with Crippen LogP contribution in [-0.2, 0) is 12.4 Å². The number of hydrogen-bond acceptors (Lipinski definition) is 2. The zero-order valence-electron chi connectivity index (χ0n) is 12.2. The molecule has 0 unspecified atom stereocenters. The van der Waals surface area contributed by atoms with Gasteiger partial charge in [0.1, 0.15) is 0 Å². The second-order valence-corrected chi connectivity index (χ2v) is 5.56. The van der Waals surface area contributed by atoms with E-state index in [4.69, 9.17) is 0 Å². The Morgan fingerprint density at radius 3 is 2.08 bits per heavy atom. The summed E-state index contributed by atoms with van der Waals surface area (Å²) in [6.45, 7) is 0. The number of carbonyl (C=O) groups excluding carboxylic acids is 1. The number of urea groups is 1. The highest BCUT2D eigenvalue weighted by Gasteiger charge is 2.37. The van der Waals surface area contributed by atoms with E-state index in [1.165, 1.54) is 23.6 Å². The summed E-state index contributed by atoms with van der Waals surface area (Å²) in [5.74, 6) is 0. The molecule has 1 aromatic heterocycles. The normalized spacial score (nSPS) is 12.4. The van der Waals surface area contributed by atoms with Gasteiger partial charge in [-0.3, -0.25) is 0 Å². The molecule has 10 heteroatoms. The van der Waals surface area contributed by atoms with Crippen molar-refractivity contribution in [3.05, 3.63) is 57.9 Å². The van der Waals surface area contributed by atoms with E-state index in [1.807, 2.05) is 5.32 Å². The Kier molecular flexibility index (Phi) is 5.41. The van der Waals surface area contributed by atoms with Gasteiger partial charge in [0.15, 0.2) is 0 Å². The number of amides is 2. The fourth-order valence-electron chi connectivity index (χ4n) is 1.78. The van der Waals surface area contributed by atoms with E-state index in [9.17, 15) is 31.1 Å². The van der Waals surface area contributed by atoms with Crippen LogP contribution in [0.15, 0.2) is 41.2 Å². The third-order valence-corrected chi connectivity index (χ3v) is 3.58. The Morgan fingerprint density at radius 1 is 1.00 bits per heavy atom. The zero-order valence-corrected chi connectivity index (χ0v) is 13.0. The van der Waals surface area contributed by atoms with Gasteiger partial charge in [0.2, 0.25) is 0 Å². The van der Waals surface area contributed by atoms with E-state index >= 15 is 0 Å². The summed E-state index contributed by atoms with van der Waals surface area (Å²) in [5.41, 5.74) is -2.86. The molecule has 134 valence electrons. The standard InChI is InChI=1S/C15H10F6N2OS/c16-14(17,18)10-5-11(15(19,20)21)7-12(6-10)23-13(24)22-3-1-9-2-4-25-8-9/h1-8H,(H2,22,23,24). The van der Waals surface area contributed by atoms with Gasteiger partial charge >= 0.3 is 18.4 Å². The topological polar surface area (TPSA) is 41.1 Å². The molecule has 1 aromatic carbocycles. The molecule has 1 heterocycles. The van der Waals surface area contributed by atoms with Crippen LogP contribution in [0.3, 0.4) is 0 Å². The molecule has 2 N–H and O–H groups in total. The first-order valence-electron chi connectivity index (χ1n) is 6.61. The SMILES string of the molecule is O=C(NC=Cc1ccsc1)Nc1cc(C(F)(F)F)cc(C(F)(F)F)c1. The van der Waals surface area contributed by atoms with E-state index in [2.05, 4.69) is 5.32 Å². The fourth-order valence-corrected chi connectivity index (χ4v) is 2.41. The minimum atomic E-state index is -4.98. The highest BCUT2D eigenvalue weighted by Crippen LogP contribution is 2.37. The van der Waals surface area contributed by atoms with Crippen molar-refractivity contribution in [2.24, 2.45) is 0 Å². The molecular weight excluding hydrogens is 370 g/mol. The molecule has 0 fully saturated rings. The number of hydrogen-bond donors (Lipinski definition) is 2. The van der Waals surface area contributed by atoms with Crippen LogP contribution in [0, 0.1) is 0 Å². The van der Waals surface area contributed by atoms with Crippen molar-refractivity contribution < 1.29 is 31.1 Å². The van der Waals surface area contributed by atoms with Crippen molar-refractivity contribution in [1.82, 2.24) is 5.32 Å². The minimum absolute atomic E-state index is 0.0143. The highest BCUT2D eigenvalue weighted by molar-refractivity contribution is 7.08. The lowest BCUT2D eigenvalue weighted by Crippen LogP contribution is -2.24. The van der Waals surface area contributed by atoms with Gasteiger partial charge in [-0.2, -0.15) is 37.7 Å². The molecule has 0 radical (unpaired) electrons. The first-order chi connectivity index (χ1) is 11.6. The number of thiophene rings is 1. The quantitative estimate of drug-likeness (QED) is 0.671. The summed E-state index contributed by atoms with van der Waals surface area (Å²) in [6, 6.07) is 1.62. The lowest BCUT2D eigenvalue weighted by atomic mass is 10.1. The molecule has 0 saturated carbocycles. The molecule has 0 bridgehead atoms. The van der Waals surface area contributed by atoms with Gasteiger partial charge in [-0.05, 0) is 46.7 Å². The van der Waals surface area contributed by atoms with Crippen molar-refractivity contribution in [3.63, 3.8) is 0 Å². The number of benzene rings is 1. The third kappa shape index (κ3) is 5.52. The Labute approximate surface area is 142 Å². The lowest BCUT2D eigenvalue weighted by Gasteiger charge is -2.14. The van der Waals surface area contributed by atoms with Gasteiger partial charge in [-0.1, -0.05) is 0 Å². The van der Waals surface area contributed by atoms with Gasteiger partial charge in [0, 0.05) is 11.9 Å². The van der Waals surface area contributed by atoms with Gasteiger partial charge in [0.05, 0.1) is 11.1 Å². The van der Waals surface area contributed by atoms with Crippen LogP contribution < -0.4 is 10.6 Å². The number of rotatable bonds is 3. The van der Waals surface area contributed by atoms with Crippen molar-refractivity contribution in [3.8, 4) is 0 Å². The summed E-state index contributed by atoms with van der Waals surface area (Å²) >= 11 is 1.42. The molecule has 0 aliphatic rings. The third-order valence-electron chi connectivity index (χ3n) is 2.88.